The number of carbonyl (C=O) groups is 2. The van der Waals surface area contributed by atoms with Crippen LogP contribution >= 0.6 is 0 Å². The molecule has 2 N–H and O–H groups in total. The molecule has 0 aliphatic carbocycles. The fraction of sp³-hybridized carbons (Fsp3) is 0.172. The molecule has 0 bridgehead atoms. The van der Waals surface area contributed by atoms with Gasteiger partial charge in [-0.25, -0.2) is 4.98 Å². The third-order valence-electron chi connectivity index (χ3n) is 6.13. The summed E-state index contributed by atoms with van der Waals surface area (Å²) in [5, 5.41) is 5.08. The summed E-state index contributed by atoms with van der Waals surface area (Å²) >= 11 is 0. The Bertz CT molecular complexity index is 1520. The minimum absolute atomic E-state index is 0.00235. The van der Waals surface area contributed by atoms with Crippen molar-refractivity contribution in [2.75, 3.05) is 0 Å². The molecule has 1 atom stereocenters. The van der Waals surface area contributed by atoms with E-state index in [0.717, 1.165) is 21.9 Å². The van der Waals surface area contributed by atoms with E-state index in [1.807, 2.05) is 92.8 Å². The highest BCUT2D eigenvalue weighted by atomic mass is 16.2. The van der Waals surface area contributed by atoms with Crippen LogP contribution in [0.2, 0.25) is 0 Å². The number of fused-ring (bicyclic) bond motifs is 2. The number of hydrogen-bond acceptors (Lipinski definition) is 4. The lowest BCUT2D eigenvalue weighted by Gasteiger charge is -2.20. The Labute approximate surface area is 203 Å². The number of Topliss-reactive ketones (excluding diaryl/α,β-unsaturated/α-hetero) is 1. The van der Waals surface area contributed by atoms with Gasteiger partial charge in [0.1, 0.15) is 11.2 Å². The smallest absolute Gasteiger partial charge is 0.254 e. The van der Waals surface area contributed by atoms with Gasteiger partial charge in [0.25, 0.3) is 5.91 Å². The van der Waals surface area contributed by atoms with E-state index in [0.29, 0.717) is 29.0 Å². The number of ketones is 1. The van der Waals surface area contributed by atoms with Gasteiger partial charge in [-0.1, -0.05) is 74.5 Å². The molecule has 0 saturated carbocycles. The number of H-pyrrole nitrogens is 1. The van der Waals surface area contributed by atoms with Crippen molar-refractivity contribution in [1.29, 1.82) is 0 Å². The maximum absolute atomic E-state index is 13.4. The second-order valence-electron chi connectivity index (χ2n) is 8.98. The second kappa shape index (κ2) is 9.50. The van der Waals surface area contributed by atoms with Gasteiger partial charge in [-0.15, -0.1) is 0 Å². The van der Waals surface area contributed by atoms with E-state index in [9.17, 15) is 9.59 Å². The predicted octanol–water partition coefficient (Wildman–Crippen LogP) is 5.34. The van der Waals surface area contributed by atoms with Crippen molar-refractivity contribution >= 4 is 33.5 Å². The van der Waals surface area contributed by atoms with E-state index in [4.69, 9.17) is 4.98 Å². The van der Waals surface area contributed by atoms with Crippen LogP contribution in [-0.2, 0) is 11.2 Å². The first-order chi connectivity index (χ1) is 17.0. The Hall–Kier alpha value is -4.32. The quantitative estimate of drug-likeness (QED) is 0.342. The molecule has 0 aliphatic rings. The number of aromatic nitrogens is 3. The molecule has 174 valence electrons. The van der Waals surface area contributed by atoms with Crippen LogP contribution in [0, 0.1) is 5.92 Å². The average molecular weight is 463 g/mol. The molecular weight excluding hydrogens is 436 g/mol. The van der Waals surface area contributed by atoms with Crippen molar-refractivity contribution in [3.63, 3.8) is 0 Å². The molecular formula is C29H26N4O2. The Morgan fingerprint density at radius 2 is 1.66 bits per heavy atom. The molecule has 2 aromatic heterocycles. The molecule has 0 saturated heterocycles. The topological polar surface area (TPSA) is 87.7 Å². The maximum Gasteiger partial charge on any atom is 0.254 e. The molecule has 5 aromatic rings. The number of carbonyl (C=O) groups excluding carboxylic acids is 2. The molecule has 2 heterocycles. The van der Waals surface area contributed by atoms with E-state index < -0.39 is 6.04 Å². The zero-order valence-corrected chi connectivity index (χ0v) is 19.7. The summed E-state index contributed by atoms with van der Waals surface area (Å²) in [6.07, 6.45) is 2.25. The Morgan fingerprint density at radius 1 is 0.914 bits per heavy atom. The van der Waals surface area contributed by atoms with Crippen LogP contribution in [0.4, 0.5) is 0 Å². The van der Waals surface area contributed by atoms with Crippen LogP contribution in [0.15, 0.2) is 85.1 Å². The SMILES string of the molecule is CC(C)C(=O)[C@H](Cc1ccccc1)NC(=O)c1cccc2[nH]c(-c3cc4ccccc4cn3)nc12. The van der Waals surface area contributed by atoms with Gasteiger partial charge >= 0.3 is 0 Å². The van der Waals surface area contributed by atoms with Gasteiger partial charge in [0.15, 0.2) is 11.6 Å². The lowest BCUT2D eigenvalue weighted by molar-refractivity contribution is -0.123. The normalized spacial score (nSPS) is 12.2. The van der Waals surface area contributed by atoms with Crippen LogP contribution in [-0.4, -0.2) is 32.7 Å². The summed E-state index contributed by atoms with van der Waals surface area (Å²) in [7, 11) is 0. The third-order valence-corrected chi connectivity index (χ3v) is 6.13. The Kier molecular flexibility index (Phi) is 6.10. The summed E-state index contributed by atoms with van der Waals surface area (Å²) < 4.78 is 0. The molecule has 6 nitrogen and oxygen atoms in total. The Morgan fingerprint density at radius 3 is 2.43 bits per heavy atom. The van der Waals surface area contributed by atoms with Gasteiger partial charge in [-0.3, -0.25) is 14.6 Å². The minimum Gasteiger partial charge on any atom is -0.342 e. The molecule has 0 radical (unpaired) electrons. The van der Waals surface area contributed by atoms with Gasteiger partial charge in [0.2, 0.25) is 0 Å². The van der Waals surface area contributed by atoms with E-state index >= 15 is 0 Å². The van der Waals surface area contributed by atoms with Crippen LogP contribution in [0.5, 0.6) is 0 Å². The molecule has 5 rings (SSSR count). The van der Waals surface area contributed by atoms with E-state index in [-0.39, 0.29) is 17.6 Å². The molecule has 0 spiro atoms. The van der Waals surface area contributed by atoms with Gasteiger partial charge in [0.05, 0.1) is 17.1 Å². The van der Waals surface area contributed by atoms with Crippen molar-refractivity contribution in [1.82, 2.24) is 20.3 Å². The third kappa shape index (κ3) is 4.68. The molecule has 35 heavy (non-hydrogen) atoms. The molecule has 1 amide bonds. The van der Waals surface area contributed by atoms with Crippen molar-refractivity contribution in [3.8, 4) is 11.5 Å². The van der Waals surface area contributed by atoms with Crippen molar-refractivity contribution in [2.45, 2.75) is 26.3 Å². The summed E-state index contributed by atoms with van der Waals surface area (Å²) in [5.41, 5.74) is 3.39. The highest BCUT2D eigenvalue weighted by Crippen LogP contribution is 2.24. The van der Waals surface area contributed by atoms with Crippen molar-refractivity contribution in [3.05, 3.63) is 96.2 Å². The van der Waals surface area contributed by atoms with E-state index in [1.54, 1.807) is 6.07 Å². The van der Waals surface area contributed by atoms with Gasteiger partial charge in [-0.2, -0.15) is 0 Å². The Balaban J connectivity index is 1.46. The number of imidazole rings is 1. The van der Waals surface area contributed by atoms with Gasteiger partial charge in [-0.05, 0) is 35.6 Å². The van der Waals surface area contributed by atoms with E-state index in [1.165, 1.54) is 0 Å². The minimum atomic E-state index is -0.624. The number of rotatable bonds is 7. The van der Waals surface area contributed by atoms with E-state index in [2.05, 4.69) is 15.3 Å². The second-order valence-corrected chi connectivity index (χ2v) is 8.98. The zero-order valence-electron chi connectivity index (χ0n) is 19.7. The molecule has 0 fully saturated rings. The molecule has 6 heteroatoms. The average Bonchev–Trinajstić information content (AvgIpc) is 3.32. The number of pyridine rings is 1. The number of amides is 1. The summed E-state index contributed by atoms with van der Waals surface area (Å²) in [6, 6.07) is 24.5. The highest BCUT2D eigenvalue weighted by molar-refractivity contribution is 6.07. The lowest BCUT2D eigenvalue weighted by Crippen LogP contribution is -2.44. The number of aromatic amines is 1. The lowest BCUT2D eigenvalue weighted by atomic mass is 9.95. The number of nitrogens with zero attached hydrogens (tertiary/aromatic N) is 2. The summed E-state index contributed by atoms with van der Waals surface area (Å²) in [4.78, 5) is 38.9. The maximum atomic E-state index is 13.4. The monoisotopic (exact) mass is 462 g/mol. The zero-order chi connectivity index (χ0) is 24.4. The van der Waals surface area contributed by atoms with Crippen LogP contribution in [0.3, 0.4) is 0 Å². The number of hydrogen-bond donors (Lipinski definition) is 2. The molecule has 3 aromatic carbocycles. The first-order valence-corrected chi connectivity index (χ1v) is 11.7. The first-order valence-electron chi connectivity index (χ1n) is 11.7. The fourth-order valence-corrected chi connectivity index (χ4v) is 4.26. The highest BCUT2D eigenvalue weighted by Gasteiger charge is 2.25. The molecule has 0 unspecified atom stereocenters. The largest absolute Gasteiger partial charge is 0.342 e. The van der Waals surface area contributed by atoms with Crippen molar-refractivity contribution < 1.29 is 9.59 Å². The van der Waals surface area contributed by atoms with Crippen molar-refractivity contribution in [2.24, 2.45) is 5.92 Å². The van der Waals surface area contributed by atoms with Crippen LogP contribution in [0.25, 0.3) is 33.3 Å². The van der Waals surface area contributed by atoms with Crippen LogP contribution in [0.1, 0.15) is 29.8 Å². The summed E-state index contributed by atoms with van der Waals surface area (Å²) in [5.74, 6) is 0.0633. The van der Waals surface area contributed by atoms with Crippen LogP contribution < -0.4 is 5.32 Å². The number of para-hydroxylation sites is 1. The van der Waals surface area contributed by atoms with Gasteiger partial charge in [0, 0.05) is 17.5 Å². The number of nitrogens with one attached hydrogen (secondary N) is 2. The fourth-order valence-electron chi connectivity index (χ4n) is 4.26. The predicted molar refractivity (Wildman–Crippen MR) is 138 cm³/mol. The standard InChI is InChI=1S/C29H26N4O2/c1-18(2)27(34)24(15-19-9-4-3-5-10-19)32-29(35)22-13-8-14-23-26(22)33-28(31-23)25-16-20-11-6-7-12-21(20)17-30-25/h3-14,16-18,24H,15H2,1-2H3,(H,31,33)(H,32,35)/t24-/m0/s1. The number of benzene rings is 3. The summed E-state index contributed by atoms with van der Waals surface area (Å²) in [6.45, 7) is 3.70. The first kappa shape index (κ1) is 22.5. The van der Waals surface area contributed by atoms with Gasteiger partial charge < -0.3 is 10.3 Å². The molecule has 0 aliphatic heterocycles.